The van der Waals surface area contributed by atoms with Gasteiger partial charge in [0.2, 0.25) is 10.0 Å². The average molecular weight is 419 g/mol. The van der Waals surface area contributed by atoms with Crippen molar-refractivity contribution in [1.82, 2.24) is 9.29 Å². The number of benzene rings is 1. The lowest BCUT2D eigenvalue weighted by atomic mass is 10.2. The highest BCUT2D eigenvalue weighted by atomic mass is 32.2. The van der Waals surface area contributed by atoms with E-state index in [0.29, 0.717) is 11.5 Å². The zero-order valence-electron chi connectivity index (χ0n) is 17.0. The van der Waals surface area contributed by atoms with Crippen LogP contribution in [0.3, 0.4) is 0 Å². The second kappa shape index (κ2) is 8.48. The molecule has 156 valence electrons. The lowest BCUT2D eigenvalue weighted by Crippen LogP contribution is -2.48. The van der Waals surface area contributed by atoms with Gasteiger partial charge in [-0.15, -0.1) is 0 Å². The molecule has 1 aromatic heterocycles. The molecule has 2 atom stereocenters. The van der Waals surface area contributed by atoms with Gasteiger partial charge in [0, 0.05) is 50.7 Å². The number of pyridine rings is 1. The lowest BCUT2D eigenvalue weighted by molar-refractivity contribution is -0.0440. The first-order valence-electron chi connectivity index (χ1n) is 9.37. The van der Waals surface area contributed by atoms with Crippen LogP contribution >= 0.6 is 0 Å². The van der Waals surface area contributed by atoms with Crippen molar-refractivity contribution in [3.05, 3.63) is 48.2 Å². The van der Waals surface area contributed by atoms with E-state index in [0.717, 1.165) is 0 Å². The van der Waals surface area contributed by atoms with Crippen molar-refractivity contribution in [1.29, 1.82) is 0 Å². The molecule has 1 amide bonds. The van der Waals surface area contributed by atoms with Crippen LogP contribution in [0.15, 0.2) is 47.5 Å². The summed E-state index contributed by atoms with van der Waals surface area (Å²) in [6, 6.07) is 9.51. The van der Waals surface area contributed by atoms with Gasteiger partial charge in [-0.25, -0.2) is 13.4 Å². The van der Waals surface area contributed by atoms with Gasteiger partial charge in [-0.05, 0) is 38.1 Å². The molecule has 0 radical (unpaired) electrons. The van der Waals surface area contributed by atoms with Crippen LogP contribution in [0.25, 0.3) is 0 Å². The summed E-state index contributed by atoms with van der Waals surface area (Å²) in [6.07, 6.45) is 1.24. The highest BCUT2D eigenvalue weighted by Gasteiger charge is 2.32. The smallest absolute Gasteiger partial charge is 0.255 e. The Labute approximate surface area is 171 Å². The summed E-state index contributed by atoms with van der Waals surface area (Å²) >= 11 is 0. The van der Waals surface area contributed by atoms with Crippen LogP contribution in [0.1, 0.15) is 24.2 Å². The zero-order valence-corrected chi connectivity index (χ0v) is 17.8. The van der Waals surface area contributed by atoms with Crippen LogP contribution in [0.5, 0.6) is 0 Å². The maximum Gasteiger partial charge on any atom is 0.255 e. The number of amides is 1. The molecule has 0 aliphatic carbocycles. The molecule has 2 aromatic rings. The Kier molecular flexibility index (Phi) is 6.21. The first-order valence-corrected chi connectivity index (χ1v) is 10.8. The third kappa shape index (κ3) is 4.92. The van der Waals surface area contributed by atoms with Crippen molar-refractivity contribution in [3.8, 4) is 0 Å². The Morgan fingerprint density at radius 2 is 1.86 bits per heavy atom. The van der Waals surface area contributed by atoms with E-state index in [4.69, 9.17) is 4.74 Å². The van der Waals surface area contributed by atoms with Crippen molar-refractivity contribution in [3.63, 3.8) is 0 Å². The predicted molar refractivity (Wildman–Crippen MR) is 112 cm³/mol. The normalized spacial score (nSPS) is 20.3. The minimum absolute atomic E-state index is 0.0927. The van der Waals surface area contributed by atoms with Crippen LogP contribution in [0, 0.1) is 0 Å². The quantitative estimate of drug-likeness (QED) is 0.800. The molecule has 2 unspecified atom stereocenters. The van der Waals surface area contributed by atoms with E-state index in [1.165, 1.54) is 16.4 Å². The summed E-state index contributed by atoms with van der Waals surface area (Å²) in [5.74, 6) is 0.316. The van der Waals surface area contributed by atoms with E-state index in [1.54, 1.807) is 30.5 Å². The molecule has 1 N–H and O–H groups in total. The molecular formula is C20H26N4O4S. The molecule has 3 rings (SSSR count). The van der Waals surface area contributed by atoms with Crippen molar-refractivity contribution in [2.45, 2.75) is 31.0 Å². The predicted octanol–water partition coefficient (Wildman–Crippen LogP) is 2.20. The van der Waals surface area contributed by atoms with E-state index >= 15 is 0 Å². The number of rotatable bonds is 5. The number of aromatic nitrogens is 1. The van der Waals surface area contributed by atoms with E-state index in [9.17, 15) is 13.2 Å². The van der Waals surface area contributed by atoms with Crippen LogP contribution in [-0.4, -0.2) is 63.0 Å². The fourth-order valence-corrected chi connectivity index (χ4v) is 4.85. The van der Waals surface area contributed by atoms with Crippen molar-refractivity contribution in [2.24, 2.45) is 0 Å². The van der Waals surface area contributed by atoms with Crippen molar-refractivity contribution < 1.29 is 17.9 Å². The first kappa shape index (κ1) is 21.2. The number of hydrogen-bond acceptors (Lipinski definition) is 6. The zero-order chi connectivity index (χ0) is 21.2. The fourth-order valence-electron chi connectivity index (χ4n) is 3.22. The van der Waals surface area contributed by atoms with Gasteiger partial charge in [0.1, 0.15) is 5.82 Å². The first-order chi connectivity index (χ1) is 13.7. The number of nitrogens with zero attached hydrogens (tertiary/aromatic N) is 3. The summed E-state index contributed by atoms with van der Waals surface area (Å²) in [7, 11) is -0.00451. The number of ether oxygens (including phenoxy) is 1. The van der Waals surface area contributed by atoms with Gasteiger partial charge in [0.15, 0.2) is 0 Å². The van der Waals surface area contributed by atoms with E-state index in [-0.39, 0.29) is 41.7 Å². The van der Waals surface area contributed by atoms with Gasteiger partial charge >= 0.3 is 0 Å². The number of nitrogens with one attached hydrogen (secondary N) is 1. The Hall–Kier alpha value is -2.49. The molecule has 0 spiro atoms. The monoisotopic (exact) mass is 418 g/mol. The van der Waals surface area contributed by atoms with Crippen LogP contribution < -0.4 is 10.2 Å². The van der Waals surface area contributed by atoms with Gasteiger partial charge in [-0.3, -0.25) is 4.79 Å². The Balaban J connectivity index is 1.81. The van der Waals surface area contributed by atoms with Gasteiger partial charge in [0.05, 0.1) is 17.1 Å². The highest BCUT2D eigenvalue weighted by molar-refractivity contribution is 7.89. The largest absolute Gasteiger partial charge is 0.373 e. The Morgan fingerprint density at radius 3 is 2.52 bits per heavy atom. The van der Waals surface area contributed by atoms with Crippen molar-refractivity contribution >= 4 is 27.4 Å². The minimum atomic E-state index is -3.72. The summed E-state index contributed by atoms with van der Waals surface area (Å²) < 4.78 is 33.1. The SMILES string of the molecule is CC1CN(S(=O)(=O)c2cccc(C(=O)Nc3ccnc(N(C)C)c3)c2)CC(C)O1. The molecule has 1 saturated heterocycles. The summed E-state index contributed by atoms with van der Waals surface area (Å²) in [6.45, 7) is 4.26. The highest BCUT2D eigenvalue weighted by Crippen LogP contribution is 2.22. The molecule has 9 heteroatoms. The number of carbonyl (C=O) groups is 1. The summed E-state index contributed by atoms with van der Waals surface area (Å²) in [4.78, 5) is 18.8. The van der Waals surface area contributed by atoms with Gasteiger partial charge in [-0.1, -0.05) is 6.07 Å². The van der Waals surface area contributed by atoms with Crippen LogP contribution in [-0.2, 0) is 14.8 Å². The molecule has 1 fully saturated rings. The van der Waals surface area contributed by atoms with E-state index < -0.39 is 10.0 Å². The summed E-state index contributed by atoms with van der Waals surface area (Å²) in [5, 5.41) is 2.79. The summed E-state index contributed by atoms with van der Waals surface area (Å²) in [5.41, 5.74) is 0.849. The number of anilines is 2. The molecule has 2 heterocycles. The molecule has 0 bridgehead atoms. The van der Waals surface area contributed by atoms with Gasteiger partial charge in [0.25, 0.3) is 5.91 Å². The number of carbonyl (C=O) groups excluding carboxylic acids is 1. The average Bonchev–Trinajstić information content (AvgIpc) is 2.67. The van der Waals surface area contributed by atoms with Gasteiger partial charge < -0.3 is 15.0 Å². The fraction of sp³-hybridized carbons (Fsp3) is 0.400. The van der Waals surface area contributed by atoms with E-state index in [1.807, 2.05) is 32.8 Å². The maximum absolute atomic E-state index is 13.1. The van der Waals surface area contributed by atoms with Crippen LogP contribution in [0.2, 0.25) is 0 Å². The lowest BCUT2D eigenvalue weighted by Gasteiger charge is -2.34. The van der Waals surface area contributed by atoms with Crippen LogP contribution in [0.4, 0.5) is 11.5 Å². The third-order valence-corrected chi connectivity index (χ3v) is 6.41. The number of hydrogen-bond donors (Lipinski definition) is 1. The number of sulfonamides is 1. The minimum Gasteiger partial charge on any atom is -0.373 e. The Bertz CT molecular complexity index is 983. The van der Waals surface area contributed by atoms with Crippen molar-refractivity contribution in [2.75, 3.05) is 37.4 Å². The molecule has 0 saturated carbocycles. The maximum atomic E-state index is 13.1. The molecule has 1 aromatic carbocycles. The Morgan fingerprint density at radius 1 is 1.17 bits per heavy atom. The standard InChI is InChI=1S/C20H26N4O4S/c1-14-12-24(13-15(2)28-14)29(26,27)18-7-5-6-16(10-18)20(25)22-17-8-9-21-19(11-17)23(3)4/h5-11,14-15H,12-13H2,1-4H3,(H,21,22,25). The molecule has 1 aliphatic heterocycles. The molecule has 29 heavy (non-hydrogen) atoms. The number of morpholine rings is 1. The topological polar surface area (TPSA) is 91.8 Å². The third-order valence-electron chi connectivity index (χ3n) is 4.58. The van der Waals surface area contributed by atoms with Gasteiger partial charge in [-0.2, -0.15) is 4.31 Å². The van der Waals surface area contributed by atoms with E-state index in [2.05, 4.69) is 10.3 Å². The second-order valence-electron chi connectivity index (χ2n) is 7.36. The molecule has 8 nitrogen and oxygen atoms in total. The molecule has 1 aliphatic rings. The second-order valence-corrected chi connectivity index (χ2v) is 9.30. The molecular weight excluding hydrogens is 392 g/mol.